The fraction of sp³-hybridized carbons (Fsp3) is 0.667. The van der Waals surface area contributed by atoms with Crippen LogP contribution in [0.1, 0.15) is 0 Å². The van der Waals surface area contributed by atoms with E-state index in [4.69, 9.17) is 0 Å². The van der Waals surface area contributed by atoms with Crippen LogP contribution in [-0.2, 0) is 0 Å². The molecule has 2 aliphatic heterocycles. The molecule has 6 heteroatoms. The first-order valence-corrected chi connectivity index (χ1v) is 3.68. The van der Waals surface area contributed by atoms with E-state index in [1.165, 1.54) is 9.80 Å². The molecule has 12 heavy (non-hydrogen) atoms. The highest BCUT2D eigenvalue weighted by atomic mass is 16.2. The van der Waals surface area contributed by atoms with Gasteiger partial charge in [-0.05, 0) is 0 Å². The Morgan fingerprint density at radius 2 is 1.50 bits per heavy atom. The van der Waals surface area contributed by atoms with Gasteiger partial charge in [-0.2, -0.15) is 0 Å². The van der Waals surface area contributed by atoms with Crippen molar-refractivity contribution < 1.29 is 9.59 Å². The van der Waals surface area contributed by atoms with Gasteiger partial charge in [0.05, 0.1) is 0 Å². The SMILES string of the molecule is CN1C(=O)N(C)[C@H]2NC(=O)N[C@H]21. The van der Waals surface area contributed by atoms with E-state index >= 15 is 0 Å². The zero-order valence-electron chi connectivity index (χ0n) is 6.87. The molecule has 0 aromatic heterocycles. The zero-order valence-corrected chi connectivity index (χ0v) is 6.87. The van der Waals surface area contributed by atoms with Gasteiger partial charge in [-0.1, -0.05) is 0 Å². The van der Waals surface area contributed by atoms with Crippen LogP contribution in [0.15, 0.2) is 0 Å². The molecule has 0 spiro atoms. The lowest BCUT2D eigenvalue weighted by Crippen LogP contribution is -2.41. The Bertz CT molecular complexity index is 232. The number of rotatable bonds is 0. The lowest BCUT2D eigenvalue weighted by molar-refractivity contribution is 0.193. The Hall–Kier alpha value is -1.46. The molecule has 2 saturated heterocycles. The lowest BCUT2D eigenvalue weighted by Gasteiger charge is -2.14. The first-order valence-electron chi connectivity index (χ1n) is 3.68. The summed E-state index contributed by atoms with van der Waals surface area (Å²) in [6, 6.07) is -0.311. The van der Waals surface area contributed by atoms with Crippen LogP contribution >= 0.6 is 0 Å². The molecular weight excluding hydrogens is 160 g/mol. The molecule has 6 nitrogen and oxygen atoms in total. The minimum absolute atomic E-state index is 0.0856. The standard InChI is InChI=1S/C6H10N4O2/c1-9-3-4(8-5(11)7-3)10(2)6(9)12/h3-4H,1-2H3,(H2,7,8,11)/t3-,4+. The minimum atomic E-state index is -0.227. The van der Waals surface area contributed by atoms with Crippen molar-refractivity contribution in [3.63, 3.8) is 0 Å². The first kappa shape index (κ1) is 7.20. The van der Waals surface area contributed by atoms with Crippen LogP contribution in [-0.4, -0.2) is 48.3 Å². The Morgan fingerprint density at radius 3 is 1.92 bits per heavy atom. The third kappa shape index (κ3) is 0.689. The number of fused-ring (bicyclic) bond motifs is 1. The predicted octanol–water partition coefficient (Wildman–Crippen LogP) is -1.05. The molecule has 2 fully saturated rings. The maximum absolute atomic E-state index is 11.3. The number of carbonyl (C=O) groups is 2. The number of carbonyl (C=O) groups excluding carboxylic acids is 2. The third-order valence-electron chi connectivity index (χ3n) is 2.29. The quantitative estimate of drug-likeness (QED) is 0.487. The molecule has 66 valence electrons. The highest BCUT2D eigenvalue weighted by molar-refractivity contribution is 5.84. The number of hydrogen-bond acceptors (Lipinski definition) is 2. The van der Waals surface area contributed by atoms with Gasteiger partial charge in [0.2, 0.25) is 0 Å². The number of nitrogens with one attached hydrogen (secondary N) is 2. The van der Waals surface area contributed by atoms with Gasteiger partial charge in [0.15, 0.2) is 0 Å². The molecule has 2 N–H and O–H groups in total. The van der Waals surface area contributed by atoms with Crippen molar-refractivity contribution in [3.05, 3.63) is 0 Å². The monoisotopic (exact) mass is 170 g/mol. The van der Waals surface area contributed by atoms with Gasteiger partial charge >= 0.3 is 12.1 Å². The van der Waals surface area contributed by atoms with Crippen LogP contribution in [0.2, 0.25) is 0 Å². The van der Waals surface area contributed by atoms with Gasteiger partial charge in [-0.3, -0.25) is 0 Å². The molecule has 0 aromatic carbocycles. The van der Waals surface area contributed by atoms with E-state index in [-0.39, 0.29) is 24.4 Å². The molecule has 0 unspecified atom stereocenters. The zero-order chi connectivity index (χ0) is 8.88. The maximum atomic E-state index is 11.3. The fourth-order valence-corrected chi connectivity index (χ4v) is 1.57. The summed E-state index contributed by atoms with van der Waals surface area (Å²) in [5, 5.41) is 5.28. The van der Waals surface area contributed by atoms with Crippen LogP contribution < -0.4 is 10.6 Å². The van der Waals surface area contributed by atoms with Gasteiger partial charge in [-0.15, -0.1) is 0 Å². The second kappa shape index (κ2) is 2.02. The van der Waals surface area contributed by atoms with Crippen LogP contribution in [0.25, 0.3) is 0 Å². The summed E-state index contributed by atoms with van der Waals surface area (Å²) in [6.07, 6.45) is -0.454. The highest BCUT2D eigenvalue weighted by Gasteiger charge is 2.47. The molecule has 0 saturated carbocycles. The molecule has 2 heterocycles. The number of likely N-dealkylation sites (N-methyl/N-ethyl adjacent to an activating group) is 2. The average molecular weight is 170 g/mol. The van der Waals surface area contributed by atoms with Crippen molar-refractivity contribution in [1.82, 2.24) is 20.4 Å². The van der Waals surface area contributed by atoms with Gasteiger partial charge in [0.25, 0.3) is 0 Å². The Labute approximate surface area is 69.5 Å². The van der Waals surface area contributed by atoms with Crippen LogP contribution in [0.3, 0.4) is 0 Å². The molecule has 2 atom stereocenters. The van der Waals surface area contributed by atoms with Crippen molar-refractivity contribution in [2.75, 3.05) is 14.1 Å². The van der Waals surface area contributed by atoms with Gasteiger partial charge in [0.1, 0.15) is 12.3 Å². The van der Waals surface area contributed by atoms with Gasteiger partial charge in [0, 0.05) is 14.1 Å². The smallest absolute Gasteiger partial charge is 0.314 e. The summed E-state index contributed by atoms with van der Waals surface area (Å²) in [5.74, 6) is 0. The molecule has 0 aromatic rings. The van der Waals surface area contributed by atoms with Crippen molar-refractivity contribution in [1.29, 1.82) is 0 Å². The summed E-state index contributed by atoms with van der Waals surface area (Å²) in [4.78, 5) is 25.2. The minimum Gasteiger partial charge on any atom is -0.314 e. The largest absolute Gasteiger partial charge is 0.323 e. The molecular formula is C6H10N4O2. The Kier molecular flexibility index (Phi) is 1.22. The van der Waals surface area contributed by atoms with Gasteiger partial charge < -0.3 is 20.4 Å². The molecule has 0 bridgehead atoms. The summed E-state index contributed by atoms with van der Waals surface area (Å²) >= 11 is 0. The summed E-state index contributed by atoms with van der Waals surface area (Å²) in [5.41, 5.74) is 0. The molecule has 4 amide bonds. The predicted molar refractivity (Wildman–Crippen MR) is 40.2 cm³/mol. The molecule has 0 aliphatic carbocycles. The normalized spacial score (nSPS) is 33.5. The first-order chi connectivity index (χ1) is 5.61. The van der Waals surface area contributed by atoms with E-state index in [0.717, 1.165) is 0 Å². The molecule has 2 aliphatic rings. The summed E-state index contributed by atoms with van der Waals surface area (Å²) in [6.45, 7) is 0. The van der Waals surface area contributed by atoms with E-state index in [0.29, 0.717) is 0 Å². The second-order valence-electron chi connectivity index (χ2n) is 3.01. The van der Waals surface area contributed by atoms with Crippen LogP contribution in [0.5, 0.6) is 0 Å². The Morgan fingerprint density at radius 1 is 1.08 bits per heavy atom. The van der Waals surface area contributed by atoms with Crippen molar-refractivity contribution in [2.45, 2.75) is 12.3 Å². The maximum Gasteiger partial charge on any atom is 0.323 e. The fourth-order valence-electron chi connectivity index (χ4n) is 1.57. The van der Waals surface area contributed by atoms with Gasteiger partial charge in [-0.25, -0.2) is 9.59 Å². The highest BCUT2D eigenvalue weighted by Crippen LogP contribution is 2.18. The topological polar surface area (TPSA) is 64.7 Å². The Balaban J connectivity index is 2.26. The molecule has 2 rings (SSSR count). The van der Waals surface area contributed by atoms with Crippen molar-refractivity contribution in [2.24, 2.45) is 0 Å². The van der Waals surface area contributed by atoms with E-state index < -0.39 is 0 Å². The second-order valence-corrected chi connectivity index (χ2v) is 3.01. The number of amides is 4. The van der Waals surface area contributed by atoms with Crippen molar-refractivity contribution >= 4 is 12.1 Å². The summed E-state index contributed by atoms with van der Waals surface area (Å²) < 4.78 is 0. The van der Waals surface area contributed by atoms with E-state index in [2.05, 4.69) is 10.6 Å². The number of hydrogen-bond donors (Lipinski definition) is 2. The van der Waals surface area contributed by atoms with Crippen molar-refractivity contribution in [3.8, 4) is 0 Å². The molecule has 0 radical (unpaired) electrons. The average Bonchev–Trinajstić information content (AvgIpc) is 2.49. The third-order valence-corrected chi connectivity index (χ3v) is 2.29. The van der Waals surface area contributed by atoms with E-state index in [1.54, 1.807) is 14.1 Å². The van der Waals surface area contributed by atoms with E-state index in [9.17, 15) is 9.59 Å². The van der Waals surface area contributed by atoms with Crippen LogP contribution in [0.4, 0.5) is 9.59 Å². The lowest BCUT2D eigenvalue weighted by atomic mass is 10.4. The number of urea groups is 2. The summed E-state index contributed by atoms with van der Waals surface area (Å²) in [7, 11) is 3.33. The van der Waals surface area contributed by atoms with E-state index in [1.807, 2.05) is 0 Å². The van der Waals surface area contributed by atoms with Crippen LogP contribution in [0, 0.1) is 0 Å². The number of nitrogens with zero attached hydrogens (tertiary/aromatic N) is 2.